The number of thioether (sulfide) groups is 1. The zero-order chi connectivity index (χ0) is 21.4. The van der Waals surface area contributed by atoms with Gasteiger partial charge in [0.25, 0.3) is 0 Å². The number of ether oxygens (including phenoxy) is 2. The van der Waals surface area contributed by atoms with E-state index >= 15 is 0 Å². The van der Waals surface area contributed by atoms with E-state index in [0.29, 0.717) is 23.1 Å². The van der Waals surface area contributed by atoms with E-state index in [1.807, 2.05) is 44.2 Å². The summed E-state index contributed by atoms with van der Waals surface area (Å²) in [7, 11) is 0. The normalized spacial score (nSPS) is 20.3. The number of anilines is 1. The number of benzene rings is 2. The Balaban J connectivity index is 1.90. The van der Waals surface area contributed by atoms with Crippen LogP contribution in [0.2, 0.25) is 5.02 Å². The molecule has 0 spiro atoms. The minimum absolute atomic E-state index is 0.128. The molecule has 2 aromatic rings. The van der Waals surface area contributed by atoms with E-state index in [1.54, 1.807) is 11.0 Å². The van der Waals surface area contributed by atoms with E-state index in [1.165, 1.54) is 11.8 Å². The van der Waals surface area contributed by atoms with E-state index in [9.17, 15) is 14.7 Å². The maximum absolute atomic E-state index is 13.4. The minimum Gasteiger partial charge on any atom is -0.481 e. The molecule has 2 aromatic carbocycles. The lowest BCUT2D eigenvalue weighted by molar-refractivity contribution is -0.138. The van der Waals surface area contributed by atoms with Crippen molar-refractivity contribution in [3.63, 3.8) is 0 Å². The molecular formula is C22H22ClNO5S. The third-order valence-electron chi connectivity index (χ3n) is 5.02. The van der Waals surface area contributed by atoms with E-state index in [0.717, 1.165) is 16.8 Å². The van der Waals surface area contributed by atoms with Crippen molar-refractivity contribution in [2.24, 2.45) is 5.92 Å². The molecule has 0 bridgehead atoms. The highest BCUT2D eigenvalue weighted by Crippen LogP contribution is 2.52. The van der Waals surface area contributed by atoms with Gasteiger partial charge >= 0.3 is 5.97 Å². The summed E-state index contributed by atoms with van der Waals surface area (Å²) in [4.78, 5) is 26.7. The third-order valence-corrected chi connectivity index (χ3v) is 6.73. The summed E-state index contributed by atoms with van der Waals surface area (Å²) in [5.74, 6) is 0.265. The van der Waals surface area contributed by atoms with Gasteiger partial charge in [0.05, 0.1) is 16.9 Å². The molecule has 0 unspecified atom stereocenters. The van der Waals surface area contributed by atoms with Crippen molar-refractivity contribution < 1.29 is 24.2 Å². The number of hydrogen-bond acceptors (Lipinski definition) is 5. The first-order chi connectivity index (χ1) is 14.3. The molecule has 158 valence electrons. The number of amides is 1. The van der Waals surface area contributed by atoms with Crippen LogP contribution in [0.1, 0.15) is 36.6 Å². The van der Waals surface area contributed by atoms with Crippen LogP contribution in [0.25, 0.3) is 0 Å². The number of carboxylic acids is 1. The Hall–Kier alpha value is -2.38. The van der Waals surface area contributed by atoms with Crippen molar-refractivity contribution in [2.45, 2.75) is 30.8 Å². The molecule has 0 saturated heterocycles. The molecule has 0 radical (unpaired) electrons. The molecule has 1 amide bonds. The van der Waals surface area contributed by atoms with Crippen molar-refractivity contribution in [1.82, 2.24) is 0 Å². The zero-order valence-electron chi connectivity index (χ0n) is 16.6. The molecule has 8 heteroatoms. The highest BCUT2D eigenvalue weighted by molar-refractivity contribution is 8.01. The molecule has 30 heavy (non-hydrogen) atoms. The van der Waals surface area contributed by atoms with Crippen LogP contribution in [0.15, 0.2) is 36.4 Å². The van der Waals surface area contributed by atoms with Crippen molar-refractivity contribution in [3.05, 3.63) is 52.5 Å². The minimum atomic E-state index is -1.01. The maximum Gasteiger partial charge on any atom is 0.305 e. The Labute approximate surface area is 184 Å². The second-order valence-electron chi connectivity index (χ2n) is 7.73. The Morgan fingerprint density at radius 2 is 2.07 bits per heavy atom. The standard InChI is InChI=1S/C22H22ClNO5S/c1-12(2)10-24-16-7-6-13(23)8-15(16)21(30-18(22(24)27)9-19(25)26)14-4-3-5-17-20(14)29-11-28-17/h3-8,12,18,21H,9-11H2,1-2H3,(H,25,26)/t18-,21-/m1/s1. The van der Waals surface area contributed by atoms with Crippen molar-refractivity contribution in [2.75, 3.05) is 18.2 Å². The van der Waals surface area contributed by atoms with Crippen LogP contribution in [0.3, 0.4) is 0 Å². The fourth-order valence-electron chi connectivity index (χ4n) is 3.82. The first-order valence-electron chi connectivity index (χ1n) is 9.71. The lowest BCUT2D eigenvalue weighted by atomic mass is 10.00. The highest BCUT2D eigenvalue weighted by Gasteiger charge is 2.39. The molecular weight excluding hydrogens is 426 g/mol. The number of carbonyl (C=O) groups excluding carboxylic acids is 1. The van der Waals surface area contributed by atoms with Crippen LogP contribution in [0, 0.1) is 5.92 Å². The summed E-state index contributed by atoms with van der Waals surface area (Å²) >= 11 is 7.67. The highest BCUT2D eigenvalue weighted by atomic mass is 35.5. The summed E-state index contributed by atoms with van der Waals surface area (Å²) in [6.07, 6.45) is -0.261. The Bertz CT molecular complexity index is 995. The first-order valence-corrected chi connectivity index (χ1v) is 11.0. The quantitative estimate of drug-likeness (QED) is 0.713. The summed E-state index contributed by atoms with van der Waals surface area (Å²) in [6.45, 7) is 4.67. The number of carbonyl (C=O) groups is 2. The predicted octanol–water partition coefficient (Wildman–Crippen LogP) is 4.74. The lowest BCUT2D eigenvalue weighted by Crippen LogP contribution is -2.40. The van der Waals surface area contributed by atoms with Gasteiger partial charge in [-0.1, -0.05) is 37.6 Å². The van der Waals surface area contributed by atoms with Gasteiger partial charge in [-0.05, 0) is 35.7 Å². The third kappa shape index (κ3) is 3.96. The molecule has 2 heterocycles. The molecule has 4 rings (SSSR count). The van der Waals surface area contributed by atoms with Crippen LogP contribution in [-0.4, -0.2) is 35.6 Å². The van der Waals surface area contributed by atoms with Crippen LogP contribution < -0.4 is 14.4 Å². The molecule has 2 atom stereocenters. The molecule has 6 nitrogen and oxygen atoms in total. The fraction of sp³-hybridized carbons (Fsp3) is 0.364. The summed E-state index contributed by atoms with van der Waals surface area (Å²) in [5, 5.41) is 8.95. The van der Waals surface area contributed by atoms with E-state index in [2.05, 4.69) is 0 Å². The van der Waals surface area contributed by atoms with Gasteiger partial charge in [-0.2, -0.15) is 0 Å². The smallest absolute Gasteiger partial charge is 0.305 e. The number of rotatable bonds is 5. The van der Waals surface area contributed by atoms with Crippen LogP contribution in [-0.2, 0) is 9.59 Å². The molecule has 2 aliphatic rings. The van der Waals surface area contributed by atoms with Gasteiger partial charge in [0, 0.05) is 22.8 Å². The largest absolute Gasteiger partial charge is 0.481 e. The summed E-state index contributed by atoms with van der Waals surface area (Å²) < 4.78 is 11.3. The Kier molecular flexibility index (Phi) is 5.84. The van der Waals surface area contributed by atoms with Crippen LogP contribution in [0.5, 0.6) is 11.5 Å². The molecule has 2 aliphatic heterocycles. The van der Waals surface area contributed by atoms with Crippen molar-refractivity contribution in [1.29, 1.82) is 0 Å². The average molecular weight is 448 g/mol. The van der Waals surface area contributed by atoms with Crippen molar-refractivity contribution >= 4 is 40.9 Å². The Morgan fingerprint density at radius 3 is 2.80 bits per heavy atom. The number of aliphatic carboxylic acids is 1. The first kappa shape index (κ1) is 20.9. The molecule has 0 aromatic heterocycles. The SMILES string of the molecule is CC(C)CN1C(=O)[C@@H](CC(=O)O)S[C@H](c2cccc3c2OCO3)c2cc(Cl)ccc21. The maximum atomic E-state index is 13.4. The van der Waals surface area contributed by atoms with Gasteiger partial charge in [0.2, 0.25) is 12.7 Å². The van der Waals surface area contributed by atoms with Gasteiger partial charge in [-0.15, -0.1) is 11.8 Å². The second kappa shape index (κ2) is 8.40. The second-order valence-corrected chi connectivity index (χ2v) is 9.48. The van der Waals surface area contributed by atoms with Crippen molar-refractivity contribution in [3.8, 4) is 11.5 Å². The number of carboxylic acid groups (broad SMARTS) is 1. The van der Waals surface area contributed by atoms with Gasteiger partial charge < -0.3 is 19.5 Å². The molecule has 0 saturated carbocycles. The number of hydrogen-bond donors (Lipinski definition) is 1. The van der Waals surface area contributed by atoms with Gasteiger partial charge in [0.15, 0.2) is 11.5 Å². The number of para-hydroxylation sites is 1. The van der Waals surface area contributed by atoms with E-state index in [-0.39, 0.29) is 30.3 Å². The van der Waals surface area contributed by atoms with E-state index < -0.39 is 11.2 Å². The molecule has 0 fully saturated rings. The number of halogens is 1. The zero-order valence-corrected chi connectivity index (χ0v) is 18.2. The Morgan fingerprint density at radius 1 is 1.27 bits per heavy atom. The van der Waals surface area contributed by atoms with Gasteiger partial charge in [-0.25, -0.2) is 0 Å². The number of fused-ring (bicyclic) bond motifs is 2. The summed E-state index contributed by atoms with van der Waals surface area (Å²) in [6, 6.07) is 11.1. The topological polar surface area (TPSA) is 76.1 Å². The summed E-state index contributed by atoms with van der Waals surface area (Å²) in [5.41, 5.74) is 2.45. The van der Waals surface area contributed by atoms with E-state index in [4.69, 9.17) is 21.1 Å². The van der Waals surface area contributed by atoms with Gasteiger partial charge in [0.1, 0.15) is 0 Å². The van der Waals surface area contributed by atoms with Crippen LogP contribution >= 0.6 is 23.4 Å². The lowest BCUT2D eigenvalue weighted by Gasteiger charge is -2.27. The fourth-order valence-corrected chi connectivity index (χ4v) is 5.48. The molecule has 0 aliphatic carbocycles. The number of nitrogens with zero attached hydrogens (tertiary/aromatic N) is 1. The average Bonchev–Trinajstić information content (AvgIpc) is 3.14. The molecule has 1 N–H and O–H groups in total. The monoisotopic (exact) mass is 447 g/mol. The van der Waals surface area contributed by atoms with Gasteiger partial charge in [-0.3, -0.25) is 9.59 Å². The van der Waals surface area contributed by atoms with Crippen LogP contribution in [0.4, 0.5) is 5.69 Å². The predicted molar refractivity (Wildman–Crippen MR) is 117 cm³/mol.